The van der Waals surface area contributed by atoms with Gasteiger partial charge in [0, 0.05) is 22.8 Å². The number of carbonyl (C=O) groups excluding carboxylic acids is 1. The average Bonchev–Trinajstić information content (AvgIpc) is 2.59. The summed E-state index contributed by atoms with van der Waals surface area (Å²) >= 11 is 5.89. The van der Waals surface area contributed by atoms with E-state index >= 15 is 0 Å². The number of H-pyrrole nitrogens is 1. The first-order chi connectivity index (χ1) is 12.4. The van der Waals surface area contributed by atoms with E-state index in [2.05, 4.69) is 15.6 Å². The van der Waals surface area contributed by atoms with Gasteiger partial charge in [-0.3, -0.25) is 4.79 Å². The number of aromatic amines is 1. The predicted octanol–water partition coefficient (Wildman–Crippen LogP) is 4.16. The molecule has 0 saturated carbocycles. The smallest absolute Gasteiger partial charge is 0.319 e. The lowest BCUT2D eigenvalue weighted by Gasteiger charge is -2.09. The number of rotatable bonds is 4. The normalized spacial score (nSPS) is 10.7. The van der Waals surface area contributed by atoms with Crippen LogP contribution in [0.25, 0.3) is 10.9 Å². The lowest BCUT2D eigenvalue weighted by molar-refractivity contribution is 0.252. The summed E-state index contributed by atoms with van der Waals surface area (Å²) in [6.45, 7) is 4.37. The van der Waals surface area contributed by atoms with Crippen molar-refractivity contribution in [3.05, 3.63) is 74.5 Å². The van der Waals surface area contributed by atoms with Crippen molar-refractivity contribution in [3.8, 4) is 0 Å². The number of urea groups is 1. The van der Waals surface area contributed by atoms with Crippen molar-refractivity contribution in [2.45, 2.75) is 20.3 Å². The van der Waals surface area contributed by atoms with Gasteiger partial charge >= 0.3 is 6.03 Å². The average molecular weight is 370 g/mol. The highest BCUT2D eigenvalue weighted by molar-refractivity contribution is 6.30. The van der Waals surface area contributed by atoms with E-state index in [-0.39, 0.29) is 11.6 Å². The van der Waals surface area contributed by atoms with Crippen LogP contribution in [0.1, 0.15) is 16.7 Å². The summed E-state index contributed by atoms with van der Waals surface area (Å²) in [6.07, 6.45) is 0.446. The molecule has 2 amide bonds. The third-order valence-corrected chi connectivity index (χ3v) is 4.63. The zero-order valence-electron chi connectivity index (χ0n) is 14.7. The molecule has 0 aliphatic carbocycles. The topological polar surface area (TPSA) is 74.0 Å². The molecule has 0 unspecified atom stereocenters. The van der Waals surface area contributed by atoms with Crippen molar-refractivity contribution in [2.75, 3.05) is 11.9 Å². The van der Waals surface area contributed by atoms with Gasteiger partial charge in [-0.1, -0.05) is 29.8 Å². The Labute approximate surface area is 156 Å². The molecule has 1 heterocycles. The van der Waals surface area contributed by atoms with Crippen LogP contribution in [0.2, 0.25) is 5.02 Å². The first-order valence-electron chi connectivity index (χ1n) is 8.36. The van der Waals surface area contributed by atoms with Gasteiger partial charge in [-0.2, -0.15) is 0 Å². The van der Waals surface area contributed by atoms with E-state index in [0.717, 1.165) is 22.0 Å². The van der Waals surface area contributed by atoms with Crippen LogP contribution in [0.5, 0.6) is 0 Å². The number of aryl methyl sites for hydroxylation is 2. The largest absolute Gasteiger partial charge is 0.338 e. The van der Waals surface area contributed by atoms with E-state index in [1.54, 1.807) is 24.3 Å². The standard InChI is InChI=1S/C20H20ClN3O2/c1-12-6-7-14-10-15(19(25)24-18(14)13(12)2)8-9-22-20(26)23-17-5-3-4-16(21)11-17/h3-7,10-11H,8-9H2,1-2H3,(H,24,25)(H2,22,23,26). The SMILES string of the molecule is Cc1ccc2cc(CCNC(=O)Nc3cccc(Cl)c3)c(=O)[nH]c2c1C. The Kier molecular flexibility index (Phi) is 5.28. The van der Waals surface area contributed by atoms with Crippen molar-refractivity contribution in [1.82, 2.24) is 10.3 Å². The summed E-state index contributed by atoms with van der Waals surface area (Å²) in [7, 11) is 0. The second-order valence-corrected chi connectivity index (χ2v) is 6.67. The van der Waals surface area contributed by atoms with Crippen molar-refractivity contribution in [1.29, 1.82) is 0 Å². The zero-order valence-corrected chi connectivity index (χ0v) is 15.4. The van der Waals surface area contributed by atoms with Gasteiger partial charge in [0.1, 0.15) is 0 Å². The third-order valence-electron chi connectivity index (χ3n) is 4.39. The van der Waals surface area contributed by atoms with Gasteiger partial charge in [0.15, 0.2) is 0 Å². The van der Waals surface area contributed by atoms with E-state index in [0.29, 0.717) is 29.2 Å². The van der Waals surface area contributed by atoms with Crippen LogP contribution in [0.4, 0.5) is 10.5 Å². The molecule has 3 N–H and O–H groups in total. The maximum Gasteiger partial charge on any atom is 0.319 e. The predicted molar refractivity (Wildman–Crippen MR) is 106 cm³/mol. The van der Waals surface area contributed by atoms with E-state index in [4.69, 9.17) is 11.6 Å². The maximum atomic E-state index is 12.3. The number of hydrogen-bond acceptors (Lipinski definition) is 2. The lowest BCUT2D eigenvalue weighted by atomic mass is 10.0. The van der Waals surface area contributed by atoms with Crippen LogP contribution in [0.15, 0.2) is 47.3 Å². The van der Waals surface area contributed by atoms with Gasteiger partial charge in [0.25, 0.3) is 5.56 Å². The molecule has 0 spiro atoms. The minimum atomic E-state index is -0.337. The Balaban J connectivity index is 1.64. The first-order valence-corrected chi connectivity index (χ1v) is 8.74. The second-order valence-electron chi connectivity index (χ2n) is 6.24. The van der Waals surface area contributed by atoms with Gasteiger partial charge < -0.3 is 15.6 Å². The highest BCUT2D eigenvalue weighted by Gasteiger charge is 2.07. The molecular weight excluding hydrogens is 350 g/mol. The highest BCUT2D eigenvalue weighted by atomic mass is 35.5. The minimum absolute atomic E-state index is 0.122. The Bertz CT molecular complexity index is 1030. The monoisotopic (exact) mass is 369 g/mol. The van der Waals surface area contributed by atoms with Crippen molar-refractivity contribution in [3.63, 3.8) is 0 Å². The number of carbonyl (C=O) groups is 1. The molecule has 6 heteroatoms. The lowest BCUT2D eigenvalue weighted by Crippen LogP contribution is -2.31. The number of benzene rings is 2. The summed E-state index contributed by atoms with van der Waals surface area (Å²) in [4.78, 5) is 27.2. The third kappa shape index (κ3) is 4.06. The van der Waals surface area contributed by atoms with Gasteiger partial charge in [0.2, 0.25) is 0 Å². The van der Waals surface area contributed by atoms with Crippen LogP contribution in [0, 0.1) is 13.8 Å². The van der Waals surface area contributed by atoms with E-state index in [9.17, 15) is 9.59 Å². The molecular formula is C20H20ClN3O2. The molecule has 0 saturated heterocycles. The van der Waals surface area contributed by atoms with E-state index in [1.807, 2.05) is 32.0 Å². The highest BCUT2D eigenvalue weighted by Crippen LogP contribution is 2.19. The van der Waals surface area contributed by atoms with E-state index in [1.165, 1.54) is 0 Å². The maximum absolute atomic E-state index is 12.3. The molecule has 0 radical (unpaired) electrons. The van der Waals surface area contributed by atoms with Crippen LogP contribution in [-0.4, -0.2) is 17.6 Å². The molecule has 0 bridgehead atoms. The van der Waals surface area contributed by atoms with Crippen LogP contribution < -0.4 is 16.2 Å². The summed E-state index contributed by atoms with van der Waals surface area (Å²) in [5.41, 5.74) is 4.22. The number of fused-ring (bicyclic) bond motifs is 1. The summed E-state index contributed by atoms with van der Waals surface area (Å²) in [6, 6.07) is 12.5. The number of nitrogens with one attached hydrogen (secondary N) is 3. The van der Waals surface area contributed by atoms with Crippen molar-refractivity contribution >= 4 is 34.2 Å². The van der Waals surface area contributed by atoms with Gasteiger partial charge in [0.05, 0.1) is 5.52 Å². The van der Waals surface area contributed by atoms with Crippen LogP contribution in [0.3, 0.4) is 0 Å². The number of amides is 2. The van der Waals surface area contributed by atoms with Crippen LogP contribution >= 0.6 is 11.6 Å². The zero-order chi connectivity index (χ0) is 18.7. The van der Waals surface area contributed by atoms with Gasteiger partial charge in [-0.05, 0) is 61.0 Å². The molecule has 2 aromatic carbocycles. The Morgan fingerprint density at radius 1 is 1.15 bits per heavy atom. The summed E-state index contributed by atoms with van der Waals surface area (Å²) in [5, 5.41) is 7.00. The Morgan fingerprint density at radius 2 is 1.96 bits per heavy atom. The summed E-state index contributed by atoms with van der Waals surface area (Å²) in [5.74, 6) is 0. The quantitative estimate of drug-likeness (QED) is 0.646. The molecule has 134 valence electrons. The molecule has 5 nitrogen and oxygen atoms in total. The number of anilines is 1. The van der Waals surface area contributed by atoms with Crippen LogP contribution in [-0.2, 0) is 6.42 Å². The number of aromatic nitrogens is 1. The molecule has 26 heavy (non-hydrogen) atoms. The fraction of sp³-hybridized carbons (Fsp3) is 0.200. The fourth-order valence-corrected chi connectivity index (χ4v) is 3.00. The van der Waals surface area contributed by atoms with Gasteiger partial charge in [-0.15, -0.1) is 0 Å². The fourth-order valence-electron chi connectivity index (χ4n) is 2.81. The molecule has 3 rings (SSSR count). The summed E-state index contributed by atoms with van der Waals surface area (Å²) < 4.78 is 0. The molecule has 0 aliphatic heterocycles. The first kappa shape index (κ1) is 18.0. The second kappa shape index (κ2) is 7.62. The van der Waals surface area contributed by atoms with Crippen molar-refractivity contribution < 1.29 is 4.79 Å². The Morgan fingerprint density at radius 3 is 2.73 bits per heavy atom. The number of pyridine rings is 1. The number of hydrogen-bond donors (Lipinski definition) is 3. The van der Waals surface area contributed by atoms with Crippen molar-refractivity contribution in [2.24, 2.45) is 0 Å². The minimum Gasteiger partial charge on any atom is -0.338 e. The van der Waals surface area contributed by atoms with Gasteiger partial charge in [-0.25, -0.2) is 4.79 Å². The molecule has 3 aromatic rings. The Hall–Kier alpha value is -2.79. The molecule has 1 aromatic heterocycles. The molecule has 0 aliphatic rings. The molecule has 0 fully saturated rings. The number of halogens is 1. The van der Waals surface area contributed by atoms with E-state index < -0.39 is 0 Å². The molecule has 0 atom stereocenters.